The summed E-state index contributed by atoms with van der Waals surface area (Å²) in [5, 5.41) is 26.4. The summed E-state index contributed by atoms with van der Waals surface area (Å²) in [5.74, 6) is -1.39. The van der Waals surface area contributed by atoms with Gasteiger partial charge in [0.2, 0.25) is 0 Å². The second kappa shape index (κ2) is 7.69. The molecule has 3 heterocycles. The van der Waals surface area contributed by atoms with Crippen LogP contribution in [0, 0.1) is 5.82 Å². The topological polar surface area (TPSA) is 109 Å². The largest absolute Gasteiger partial charge is 0.510 e. The Hall–Kier alpha value is -3.98. The monoisotopic (exact) mass is 422 g/mol. The molecule has 8 nitrogen and oxygen atoms in total. The molecular weight excluding hydrogens is 403 g/mol. The smallest absolute Gasteiger partial charge is 0.257 e. The van der Waals surface area contributed by atoms with Crippen LogP contribution < -0.4 is 16.1 Å². The van der Waals surface area contributed by atoms with E-state index in [1.807, 2.05) is 0 Å². The quantitative estimate of drug-likeness (QED) is 0.466. The van der Waals surface area contributed by atoms with Crippen LogP contribution in [0.5, 0.6) is 0 Å². The van der Waals surface area contributed by atoms with E-state index in [4.69, 9.17) is 0 Å². The Morgan fingerprint density at radius 2 is 2.03 bits per heavy atom. The van der Waals surface area contributed by atoms with Gasteiger partial charge in [0.15, 0.2) is 11.2 Å². The molecule has 0 atom stereocenters. The normalized spacial score (nSPS) is 12.3. The van der Waals surface area contributed by atoms with Crippen LogP contribution in [-0.2, 0) is 13.7 Å². The molecule has 1 aromatic carbocycles. The van der Waals surface area contributed by atoms with E-state index in [0.29, 0.717) is 16.5 Å². The van der Waals surface area contributed by atoms with Crippen LogP contribution >= 0.6 is 0 Å². The van der Waals surface area contributed by atoms with Crippen molar-refractivity contribution < 1.29 is 19.4 Å². The van der Waals surface area contributed by atoms with Gasteiger partial charge in [-0.15, -0.1) is 0 Å². The SMILES string of the molecule is C/C(O)=c1\cc(C(=O)Nc2cc(CO)cc(-c3cnn(C)c3)c2F)c2cc(=O)ccn12. The number of fused-ring (bicyclic) bond motifs is 1. The average Bonchev–Trinajstić information content (AvgIpc) is 3.33. The number of carbonyl (C=O) groups is 1. The van der Waals surface area contributed by atoms with Gasteiger partial charge in [0.1, 0.15) is 5.76 Å². The van der Waals surface area contributed by atoms with Crippen molar-refractivity contribution in [3.8, 4) is 11.1 Å². The zero-order valence-corrected chi connectivity index (χ0v) is 16.8. The number of aliphatic hydroxyl groups is 2. The van der Waals surface area contributed by atoms with Gasteiger partial charge in [0.25, 0.3) is 5.91 Å². The lowest BCUT2D eigenvalue weighted by atomic mass is 10.0. The lowest BCUT2D eigenvalue weighted by Crippen LogP contribution is -2.14. The summed E-state index contributed by atoms with van der Waals surface area (Å²) in [6.45, 7) is 1.10. The summed E-state index contributed by atoms with van der Waals surface area (Å²) in [6, 6.07) is 6.83. The number of pyridine rings is 1. The number of anilines is 1. The van der Waals surface area contributed by atoms with Crippen LogP contribution in [0.3, 0.4) is 0 Å². The third kappa shape index (κ3) is 3.66. The average molecular weight is 422 g/mol. The van der Waals surface area contributed by atoms with Crippen LogP contribution in [0.1, 0.15) is 22.8 Å². The number of hydrogen-bond donors (Lipinski definition) is 3. The van der Waals surface area contributed by atoms with Gasteiger partial charge in [0, 0.05) is 42.7 Å². The van der Waals surface area contributed by atoms with Crippen molar-refractivity contribution in [3.63, 3.8) is 0 Å². The number of aromatic nitrogens is 3. The van der Waals surface area contributed by atoms with E-state index in [1.165, 1.54) is 58.7 Å². The zero-order chi connectivity index (χ0) is 22.3. The summed E-state index contributed by atoms with van der Waals surface area (Å²) in [5.41, 5.74) is 1.01. The Morgan fingerprint density at radius 1 is 1.26 bits per heavy atom. The first kappa shape index (κ1) is 20.3. The molecule has 3 aromatic heterocycles. The summed E-state index contributed by atoms with van der Waals surface area (Å²) >= 11 is 0. The van der Waals surface area contributed by atoms with Gasteiger partial charge in [-0.1, -0.05) is 0 Å². The molecular formula is C22H19FN4O4. The maximum Gasteiger partial charge on any atom is 0.257 e. The molecule has 0 aliphatic rings. The van der Waals surface area contributed by atoms with Gasteiger partial charge in [-0.2, -0.15) is 5.10 Å². The fourth-order valence-corrected chi connectivity index (χ4v) is 3.47. The molecule has 4 rings (SSSR count). The highest BCUT2D eigenvalue weighted by Gasteiger charge is 2.19. The maximum atomic E-state index is 15.2. The fourth-order valence-electron chi connectivity index (χ4n) is 3.47. The Kier molecular flexibility index (Phi) is 5.04. The van der Waals surface area contributed by atoms with Crippen LogP contribution in [-0.4, -0.2) is 30.3 Å². The van der Waals surface area contributed by atoms with Crippen LogP contribution in [0.4, 0.5) is 10.1 Å². The number of nitrogens with zero attached hydrogens (tertiary/aromatic N) is 3. The number of rotatable bonds is 4. The maximum absolute atomic E-state index is 15.2. The molecule has 1 amide bonds. The van der Waals surface area contributed by atoms with Crippen LogP contribution in [0.25, 0.3) is 22.4 Å². The predicted octanol–water partition coefficient (Wildman–Crippen LogP) is 1.99. The van der Waals surface area contributed by atoms with Crippen LogP contribution in [0.15, 0.2) is 53.7 Å². The van der Waals surface area contributed by atoms with Crippen molar-refractivity contribution in [2.45, 2.75) is 13.5 Å². The van der Waals surface area contributed by atoms with E-state index >= 15 is 4.39 Å². The van der Waals surface area contributed by atoms with E-state index in [1.54, 1.807) is 13.2 Å². The lowest BCUT2D eigenvalue weighted by Gasteiger charge is -2.11. The number of halogens is 1. The molecule has 31 heavy (non-hydrogen) atoms. The first-order valence-corrected chi connectivity index (χ1v) is 9.37. The number of amides is 1. The molecule has 0 saturated carbocycles. The molecule has 4 aromatic rings. The molecule has 0 saturated heterocycles. The van der Waals surface area contributed by atoms with Gasteiger partial charge in [-0.3, -0.25) is 14.3 Å². The molecule has 0 unspecified atom stereocenters. The van der Waals surface area contributed by atoms with Crippen molar-refractivity contribution >= 4 is 22.9 Å². The van der Waals surface area contributed by atoms with E-state index in [0.717, 1.165) is 0 Å². The minimum atomic E-state index is -0.684. The summed E-state index contributed by atoms with van der Waals surface area (Å²) in [6.07, 6.45) is 4.56. The number of aryl methyl sites for hydroxylation is 1. The Labute approximate surface area is 175 Å². The van der Waals surface area contributed by atoms with Gasteiger partial charge in [-0.05, 0) is 30.7 Å². The van der Waals surface area contributed by atoms with Gasteiger partial charge < -0.3 is 19.9 Å². The van der Waals surface area contributed by atoms with E-state index < -0.39 is 11.7 Å². The van der Waals surface area contributed by atoms with Gasteiger partial charge in [-0.25, -0.2) is 4.39 Å². The number of benzene rings is 1. The first-order valence-electron chi connectivity index (χ1n) is 9.37. The number of nitrogens with one attached hydrogen (secondary N) is 1. The van der Waals surface area contributed by atoms with Crippen molar-refractivity contribution in [2.24, 2.45) is 7.05 Å². The summed E-state index contributed by atoms with van der Waals surface area (Å²) in [4.78, 5) is 24.8. The molecule has 158 valence electrons. The third-order valence-corrected chi connectivity index (χ3v) is 4.94. The highest BCUT2D eigenvalue weighted by atomic mass is 19.1. The van der Waals surface area contributed by atoms with Crippen molar-refractivity contribution in [3.05, 3.63) is 81.4 Å². The molecule has 0 aliphatic carbocycles. The molecule has 0 spiro atoms. The number of carbonyl (C=O) groups excluding carboxylic acids is 1. The predicted molar refractivity (Wildman–Crippen MR) is 113 cm³/mol. The highest BCUT2D eigenvalue weighted by molar-refractivity contribution is 6.09. The molecule has 0 fully saturated rings. The Bertz CT molecular complexity index is 1430. The number of aliphatic hydroxyl groups excluding tert-OH is 2. The minimum absolute atomic E-state index is 0.0416. The highest BCUT2D eigenvalue weighted by Crippen LogP contribution is 2.30. The van der Waals surface area contributed by atoms with Gasteiger partial charge >= 0.3 is 0 Å². The molecule has 3 N–H and O–H groups in total. The Morgan fingerprint density at radius 3 is 2.68 bits per heavy atom. The molecule has 0 aliphatic heterocycles. The third-order valence-electron chi connectivity index (χ3n) is 4.94. The zero-order valence-electron chi connectivity index (χ0n) is 16.8. The van der Waals surface area contributed by atoms with Crippen LogP contribution in [0.2, 0.25) is 0 Å². The summed E-state index contributed by atoms with van der Waals surface area (Å²) < 4.78 is 18.3. The van der Waals surface area contributed by atoms with Crippen molar-refractivity contribution in [2.75, 3.05) is 5.32 Å². The number of hydrogen-bond acceptors (Lipinski definition) is 5. The standard InChI is InChI=1S/C22H19FN4O4/c1-12(29)19-8-17(20-7-15(30)3-4-27(19)20)22(31)25-18-6-13(11-28)5-16(21(18)23)14-9-24-26(2)10-14/h3-10,28-29H,11H2,1-2H3,(H,25,31)/b19-12-. The van der Waals surface area contributed by atoms with Crippen molar-refractivity contribution in [1.29, 1.82) is 0 Å². The van der Waals surface area contributed by atoms with E-state index in [9.17, 15) is 19.8 Å². The molecule has 9 heteroatoms. The van der Waals surface area contributed by atoms with E-state index in [2.05, 4.69) is 10.4 Å². The summed E-state index contributed by atoms with van der Waals surface area (Å²) in [7, 11) is 1.69. The minimum Gasteiger partial charge on any atom is -0.510 e. The Balaban J connectivity index is 1.82. The van der Waals surface area contributed by atoms with E-state index in [-0.39, 0.29) is 40.1 Å². The first-order chi connectivity index (χ1) is 14.8. The molecule has 0 radical (unpaired) electrons. The fraction of sp³-hybridized carbons (Fsp3) is 0.136. The van der Waals surface area contributed by atoms with Crippen molar-refractivity contribution in [1.82, 2.24) is 14.2 Å². The van der Waals surface area contributed by atoms with Gasteiger partial charge in [0.05, 0.1) is 34.9 Å². The second-order valence-corrected chi connectivity index (χ2v) is 7.17. The second-order valence-electron chi connectivity index (χ2n) is 7.17. The lowest BCUT2D eigenvalue weighted by molar-refractivity contribution is 0.102. The molecule has 0 bridgehead atoms.